The lowest BCUT2D eigenvalue weighted by atomic mass is 9.84. The summed E-state index contributed by atoms with van der Waals surface area (Å²) < 4.78 is 0. The second-order valence-corrected chi connectivity index (χ2v) is 6.53. The molecule has 0 unspecified atom stereocenters. The molecule has 3 rings (SSSR count). The highest BCUT2D eigenvalue weighted by Crippen LogP contribution is 2.49. The molecule has 1 heterocycles. The van der Waals surface area contributed by atoms with Crippen molar-refractivity contribution in [3.63, 3.8) is 0 Å². The minimum atomic E-state index is 0.107. The number of rotatable bonds is 3. The van der Waals surface area contributed by atoms with Gasteiger partial charge < -0.3 is 5.32 Å². The Morgan fingerprint density at radius 1 is 1.47 bits per heavy atom. The summed E-state index contributed by atoms with van der Waals surface area (Å²) in [5.41, 5.74) is 0. The molecular weight excluding hydrogens is 230 g/mol. The summed E-state index contributed by atoms with van der Waals surface area (Å²) in [6, 6.07) is 4.16. The molecule has 1 N–H and O–H groups in total. The van der Waals surface area contributed by atoms with E-state index in [9.17, 15) is 4.79 Å². The molecule has 2 nitrogen and oxygen atoms in total. The van der Waals surface area contributed by atoms with Gasteiger partial charge in [-0.05, 0) is 55.4 Å². The topological polar surface area (TPSA) is 29.1 Å². The molecule has 4 atom stereocenters. The number of fused-ring (bicyclic) bond motifs is 2. The van der Waals surface area contributed by atoms with Crippen molar-refractivity contribution in [3.8, 4) is 0 Å². The van der Waals surface area contributed by atoms with Crippen molar-refractivity contribution in [3.05, 3.63) is 22.4 Å². The summed E-state index contributed by atoms with van der Waals surface area (Å²) in [6.45, 7) is 2.18. The normalized spacial score (nSPS) is 32.6. The SMILES string of the molecule is C[C@@H](NC(=O)c1cccs1)[C@@H]1C[C@@H]2CC[C@@H]1C2. The van der Waals surface area contributed by atoms with Crippen LogP contribution in [0.5, 0.6) is 0 Å². The quantitative estimate of drug-likeness (QED) is 0.875. The average Bonchev–Trinajstić information content (AvgIpc) is 3.05. The van der Waals surface area contributed by atoms with Gasteiger partial charge in [0.05, 0.1) is 4.88 Å². The fraction of sp³-hybridized carbons (Fsp3) is 0.643. The first-order valence-electron chi connectivity index (χ1n) is 6.58. The third kappa shape index (κ3) is 2.13. The Morgan fingerprint density at radius 3 is 2.94 bits per heavy atom. The van der Waals surface area contributed by atoms with E-state index in [-0.39, 0.29) is 5.91 Å². The highest BCUT2D eigenvalue weighted by atomic mass is 32.1. The van der Waals surface area contributed by atoms with Crippen LogP contribution in [0, 0.1) is 17.8 Å². The lowest BCUT2D eigenvalue weighted by molar-refractivity contribution is 0.0919. The third-order valence-electron chi connectivity index (χ3n) is 4.54. The summed E-state index contributed by atoms with van der Waals surface area (Å²) in [6.07, 6.45) is 5.54. The highest BCUT2D eigenvalue weighted by Gasteiger charge is 2.42. The first kappa shape index (κ1) is 11.3. The van der Waals surface area contributed by atoms with Crippen molar-refractivity contribution in [1.82, 2.24) is 5.32 Å². The van der Waals surface area contributed by atoms with Gasteiger partial charge in [0.1, 0.15) is 0 Å². The van der Waals surface area contributed by atoms with Crippen LogP contribution in [0.1, 0.15) is 42.3 Å². The molecule has 0 saturated heterocycles. The molecule has 17 heavy (non-hydrogen) atoms. The van der Waals surface area contributed by atoms with Crippen molar-refractivity contribution >= 4 is 17.2 Å². The summed E-state index contributed by atoms with van der Waals surface area (Å²) in [7, 11) is 0. The van der Waals surface area contributed by atoms with E-state index >= 15 is 0 Å². The van der Waals surface area contributed by atoms with Gasteiger partial charge in [0, 0.05) is 6.04 Å². The van der Waals surface area contributed by atoms with Crippen molar-refractivity contribution in [1.29, 1.82) is 0 Å². The first-order chi connectivity index (χ1) is 8.24. The predicted octanol–water partition coefficient (Wildman–Crippen LogP) is 3.30. The second kappa shape index (κ2) is 4.45. The maximum Gasteiger partial charge on any atom is 0.261 e. The van der Waals surface area contributed by atoms with E-state index in [1.54, 1.807) is 0 Å². The van der Waals surface area contributed by atoms with Crippen LogP contribution in [0.2, 0.25) is 0 Å². The Bertz CT molecular complexity index is 400. The van der Waals surface area contributed by atoms with Crippen LogP contribution in [0.25, 0.3) is 0 Å². The second-order valence-electron chi connectivity index (χ2n) is 5.58. The van der Waals surface area contributed by atoms with Gasteiger partial charge in [0.25, 0.3) is 5.91 Å². The Kier molecular flexibility index (Phi) is 2.95. The molecule has 0 aromatic carbocycles. The average molecular weight is 249 g/mol. The number of nitrogens with one attached hydrogen (secondary N) is 1. The van der Waals surface area contributed by atoms with Crippen LogP contribution >= 0.6 is 11.3 Å². The molecule has 2 fully saturated rings. The van der Waals surface area contributed by atoms with Gasteiger partial charge in [-0.1, -0.05) is 12.5 Å². The van der Waals surface area contributed by atoms with Gasteiger partial charge in [-0.3, -0.25) is 4.79 Å². The van der Waals surface area contributed by atoms with E-state index in [1.165, 1.54) is 37.0 Å². The molecule has 1 amide bonds. The minimum absolute atomic E-state index is 0.107. The fourth-order valence-electron chi connectivity index (χ4n) is 3.70. The molecule has 1 aromatic rings. The third-order valence-corrected chi connectivity index (χ3v) is 5.41. The van der Waals surface area contributed by atoms with Gasteiger partial charge in [-0.25, -0.2) is 0 Å². The Hall–Kier alpha value is -0.830. The number of amides is 1. The number of thiophene rings is 1. The van der Waals surface area contributed by atoms with E-state index in [1.807, 2.05) is 17.5 Å². The number of hydrogen-bond donors (Lipinski definition) is 1. The molecule has 2 aliphatic rings. The van der Waals surface area contributed by atoms with Gasteiger partial charge in [0.15, 0.2) is 0 Å². The molecule has 0 aliphatic heterocycles. The lowest BCUT2D eigenvalue weighted by Crippen LogP contribution is -2.39. The van der Waals surface area contributed by atoms with Crippen molar-refractivity contribution in [2.45, 2.75) is 38.6 Å². The molecule has 2 aliphatic carbocycles. The largest absolute Gasteiger partial charge is 0.349 e. The predicted molar refractivity (Wildman–Crippen MR) is 70.2 cm³/mol. The standard InChI is InChI=1S/C14H19NOS/c1-9(12-8-10-4-5-11(12)7-10)15-14(16)13-3-2-6-17-13/h2-3,6,9-12H,4-5,7-8H2,1H3,(H,15,16)/t9-,10-,11-,12+/m1/s1. The molecule has 92 valence electrons. The van der Waals surface area contributed by atoms with Crippen LogP contribution in [0.4, 0.5) is 0 Å². The van der Waals surface area contributed by atoms with Gasteiger partial charge in [-0.2, -0.15) is 0 Å². The summed E-state index contributed by atoms with van der Waals surface area (Å²) in [5.74, 6) is 2.65. The van der Waals surface area contributed by atoms with Crippen LogP contribution in [-0.2, 0) is 0 Å². The van der Waals surface area contributed by atoms with Crippen LogP contribution in [0.3, 0.4) is 0 Å². The molecule has 2 bridgehead atoms. The van der Waals surface area contributed by atoms with Gasteiger partial charge in [-0.15, -0.1) is 11.3 Å². The molecular formula is C14H19NOS. The lowest BCUT2D eigenvalue weighted by Gasteiger charge is -2.28. The fourth-order valence-corrected chi connectivity index (χ4v) is 4.33. The van der Waals surface area contributed by atoms with Crippen LogP contribution < -0.4 is 5.32 Å². The van der Waals surface area contributed by atoms with E-state index in [0.29, 0.717) is 6.04 Å². The number of hydrogen-bond acceptors (Lipinski definition) is 2. The molecule has 2 saturated carbocycles. The molecule has 0 spiro atoms. The zero-order valence-corrected chi connectivity index (χ0v) is 11.0. The maximum absolute atomic E-state index is 12.0. The van der Waals surface area contributed by atoms with Crippen LogP contribution in [0.15, 0.2) is 17.5 Å². The smallest absolute Gasteiger partial charge is 0.261 e. The summed E-state index contributed by atoms with van der Waals surface area (Å²) >= 11 is 1.52. The summed E-state index contributed by atoms with van der Waals surface area (Å²) in [5, 5.41) is 5.14. The van der Waals surface area contributed by atoms with E-state index < -0.39 is 0 Å². The zero-order chi connectivity index (χ0) is 11.8. The minimum Gasteiger partial charge on any atom is -0.349 e. The van der Waals surface area contributed by atoms with Crippen molar-refractivity contribution in [2.75, 3.05) is 0 Å². The highest BCUT2D eigenvalue weighted by molar-refractivity contribution is 7.12. The Labute approximate surface area is 106 Å². The van der Waals surface area contributed by atoms with Crippen LogP contribution in [-0.4, -0.2) is 11.9 Å². The van der Waals surface area contributed by atoms with E-state index in [4.69, 9.17) is 0 Å². The van der Waals surface area contributed by atoms with E-state index in [0.717, 1.165) is 22.6 Å². The Morgan fingerprint density at radius 2 is 2.35 bits per heavy atom. The monoisotopic (exact) mass is 249 g/mol. The first-order valence-corrected chi connectivity index (χ1v) is 7.46. The molecule has 3 heteroatoms. The molecule has 0 radical (unpaired) electrons. The van der Waals surface area contributed by atoms with Gasteiger partial charge >= 0.3 is 0 Å². The summed E-state index contributed by atoms with van der Waals surface area (Å²) in [4.78, 5) is 12.8. The van der Waals surface area contributed by atoms with Crippen molar-refractivity contribution in [2.24, 2.45) is 17.8 Å². The Balaban J connectivity index is 1.60. The van der Waals surface area contributed by atoms with Crippen molar-refractivity contribution < 1.29 is 4.79 Å². The van der Waals surface area contributed by atoms with E-state index in [2.05, 4.69) is 12.2 Å². The van der Waals surface area contributed by atoms with Gasteiger partial charge in [0.2, 0.25) is 0 Å². The number of carbonyl (C=O) groups is 1. The maximum atomic E-state index is 12.0. The number of carbonyl (C=O) groups excluding carboxylic acids is 1. The molecule has 1 aromatic heterocycles. The zero-order valence-electron chi connectivity index (χ0n) is 10.2.